The van der Waals surface area contributed by atoms with Crippen molar-refractivity contribution in [2.45, 2.75) is 18.6 Å². The van der Waals surface area contributed by atoms with Crippen LogP contribution in [0.2, 0.25) is 0 Å². The molecule has 0 saturated heterocycles. The van der Waals surface area contributed by atoms with Crippen molar-refractivity contribution in [3.63, 3.8) is 0 Å². The van der Waals surface area contributed by atoms with Crippen molar-refractivity contribution in [1.82, 2.24) is 0 Å². The Morgan fingerprint density at radius 1 is 1.10 bits per heavy atom. The van der Waals surface area contributed by atoms with E-state index >= 15 is 0 Å². The summed E-state index contributed by atoms with van der Waals surface area (Å²) >= 11 is 6.78. The first-order valence-electron chi connectivity index (χ1n) is 6.13. The highest BCUT2D eigenvalue weighted by molar-refractivity contribution is 9.10. The third-order valence-electron chi connectivity index (χ3n) is 3.35. The van der Waals surface area contributed by atoms with E-state index in [2.05, 4.69) is 31.9 Å². The summed E-state index contributed by atoms with van der Waals surface area (Å²) in [7, 11) is 0. The molecular weight excluding hydrogens is 391 g/mol. The molecule has 2 nitrogen and oxygen atoms in total. The summed E-state index contributed by atoms with van der Waals surface area (Å²) in [4.78, 5) is 0. The summed E-state index contributed by atoms with van der Waals surface area (Å²) in [5.41, 5.74) is 1.46. The second-order valence-corrected chi connectivity index (χ2v) is 6.48. The third-order valence-corrected chi connectivity index (χ3v) is 4.56. The lowest BCUT2D eigenvalue weighted by atomic mass is 9.95. The number of aliphatic hydroxyl groups is 1. The number of hydrogen-bond donors (Lipinski definition) is 1. The normalized spacial score (nSPS) is 21.2. The largest absolute Gasteiger partial charge is 0.485 e. The molecular formula is C15H11Br2FO2. The van der Waals surface area contributed by atoms with Gasteiger partial charge in [-0.3, -0.25) is 0 Å². The lowest BCUT2D eigenvalue weighted by Crippen LogP contribution is -2.19. The van der Waals surface area contributed by atoms with E-state index < -0.39 is 6.10 Å². The standard InChI is InChI=1S/C15H11Br2FO2/c16-8-1-3-10-13(19)7-15(20-14(10)5-8)11-6-9(18)2-4-12(11)17/h1-6,13,15,19H,7H2. The minimum atomic E-state index is -0.619. The monoisotopic (exact) mass is 400 g/mol. The molecule has 2 unspecified atom stereocenters. The Bertz CT molecular complexity index is 660. The van der Waals surface area contributed by atoms with Gasteiger partial charge in [0.05, 0.1) is 6.10 Å². The van der Waals surface area contributed by atoms with Crippen LogP contribution in [0, 0.1) is 5.82 Å². The SMILES string of the molecule is OC1CC(c2cc(F)ccc2Br)Oc2cc(Br)ccc21. The highest BCUT2D eigenvalue weighted by Crippen LogP contribution is 2.43. The lowest BCUT2D eigenvalue weighted by Gasteiger charge is -2.30. The van der Waals surface area contributed by atoms with Gasteiger partial charge in [0.2, 0.25) is 0 Å². The second-order valence-electron chi connectivity index (χ2n) is 4.71. The summed E-state index contributed by atoms with van der Waals surface area (Å²) in [6, 6.07) is 9.99. The Hall–Kier alpha value is -0.910. The third kappa shape index (κ3) is 2.62. The van der Waals surface area contributed by atoms with Crippen molar-refractivity contribution in [1.29, 1.82) is 0 Å². The summed E-state index contributed by atoms with van der Waals surface area (Å²) in [5, 5.41) is 10.2. The first kappa shape index (κ1) is 14.0. The number of benzene rings is 2. The predicted octanol–water partition coefficient (Wildman–Crippen LogP) is 4.91. The van der Waals surface area contributed by atoms with Gasteiger partial charge in [-0.2, -0.15) is 0 Å². The molecule has 1 N–H and O–H groups in total. The molecule has 1 aliphatic rings. The molecule has 0 fully saturated rings. The van der Waals surface area contributed by atoms with Crippen molar-refractivity contribution < 1.29 is 14.2 Å². The Labute approximate surface area is 132 Å². The van der Waals surface area contributed by atoms with Crippen LogP contribution in [0.1, 0.15) is 29.8 Å². The first-order valence-corrected chi connectivity index (χ1v) is 7.72. The zero-order valence-corrected chi connectivity index (χ0v) is 13.5. The fourth-order valence-corrected chi connectivity index (χ4v) is 3.21. The van der Waals surface area contributed by atoms with Crippen LogP contribution in [0.5, 0.6) is 5.75 Å². The van der Waals surface area contributed by atoms with Crippen LogP contribution in [-0.4, -0.2) is 5.11 Å². The van der Waals surface area contributed by atoms with Gasteiger partial charge in [0.1, 0.15) is 17.7 Å². The average Bonchev–Trinajstić information content (AvgIpc) is 2.41. The zero-order valence-electron chi connectivity index (χ0n) is 10.3. The molecule has 0 aromatic heterocycles. The van der Waals surface area contributed by atoms with Gasteiger partial charge in [0, 0.05) is 26.5 Å². The van der Waals surface area contributed by atoms with Gasteiger partial charge in [0.15, 0.2) is 0 Å². The Balaban J connectivity index is 2.00. The van der Waals surface area contributed by atoms with Gasteiger partial charge in [-0.15, -0.1) is 0 Å². The molecule has 0 aliphatic carbocycles. The van der Waals surface area contributed by atoms with E-state index in [9.17, 15) is 9.50 Å². The van der Waals surface area contributed by atoms with E-state index in [4.69, 9.17) is 4.74 Å². The summed E-state index contributed by atoms with van der Waals surface area (Å²) in [6.45, 7) is 0. The maximum absolute atomic E-state index is 13.4. The fourth-order valence-electron chi connectivity index (χ4n) is 2.37. The molecule has 0 saturated carbocycles. The highest BCUT2D eigenvalue weighted by atomic mass is 79.9. The maximum Gasteiger partial charge on any atom is 0.128 e. The van der Waals surface area contributed by atoms with Crippen LogP contribution in [0.4, 0.5) is 4.39 Å². The van der Waals surface area contributed by atoms with Crippen molar-refractivity contribution in [2.24, 2.45) is 0 Å². The number of ether oxygens (including phenoxy) is 1. The minimum Gasteiger partial charge on any atom is -0.485 e. The van der Waals surface area contributed by atoms with E-state index in [-0.39, 0.29) is 11.9 Å². The smallest absolute Gasteiger partial charge is 0.128 e. The first-order chi connectivity index (χ1) is 9.54. The van der Waals surface area contributed by atoms with E-state index in [1.54, 1.807) is 6.07 Å². The molecule has 1 heterocycles. The number of hydrogen-bond acceptors (Lipinski definition) is 2. The van der Waals surface area contributed by atoms with Crippen molar-refractivity contribution >= 4 is 31.9 Å². The van der Waals surface area contributed by atoms with E-state index in [0.29, 0.717) is 17.7 Å². The van der Waals surface area contributed by atoms with Crippen LogP contribution < -0.4 is 4.74 Å². The second kappa shape index (κ2) is 5.47. The van der Waals surface area contributed by atoms with Crippen molar-refractivity contribution in [3.8, 4) is 5.75 Å². The predicted molar refractivity (Wildman–Crippen MR) is 81.2 cm³/mol. The molecule has 20 heavy (non-hydrogen) atoms. The molecule has 104 valence electrons. The summed E-state index contributed by atoms with van der Waals surface area (Å²) in [5.74, 6) is 0.306. The van der Waals surface area contributed by atoms with Gasteiger partial charge in [0.25, 0.3) is 0 Å². The van der Waals surface area contributed by atoms with Gasteiger partial charge in [-0.25, -0.2) is 4.39 Å². The van der Waals surface area contributed by atoms with E-state index in [1.165, 1.54) is 12.1 Å². The molecule has 2 aromatic rings. The average molecular weight is 402 g/mol. The Morgan fingerprint density at radius 3 is 2.70 bits per heavy atom. The summed E-state index contributed by atoms with van der Waals surface area (Å²) in [6.07, 6.45) is -0.597. The van der Waals surface area contributed by atoms with Crippen LogP contribution in [0.3, 0.4) is 0 Å². The van der Waals surface area contributed by atoms with Crippen molar-refractivity contribution in [3.05, 3.63) is 62.3 Å². The van der Waals surface area contributed by atoms with Crippen LogP contribution >= 0.6 is 31.9 Å². The van der Waals surface area contributed by atoms with E-state index in [1.807, 2.05) is 18.2 Å². The number of fused-ring (bicyclic) bond motifs is 1. The molecule has 2 atom stereocenters. The Kier molecular flexibility index (Phi) is 3.84. The van der Waals surface area contributed by atoms with Gasteiger partial charge in [-0.05, 0) is 30.3 Å². The van der Waals surface area contributed by atoms with E-state index in [0.717, 1.165) is 14.5 Å². The number of aliphatic hydroxyl groups excluding tert-OH is 1. The van der Waals surface area contributed by atoms with Crippen molar-refractivity contribution in [2.75, 3.05) is 0 Å². The number of halogens is 3. The maximum atomic E-state index is 13.4. The van der Waals surface area contributed by atoms with Gasteiger partial charge in [-0.1, -0.05) is 37.9 Å². The van der Waals surface area contributed by atoms with Crippen LogP contribution in [0.15, 0.2) is 45.3 Å². The fraction of sp³-hybridized carbons (Fsp3) is 0.200. The minimum absolute atomic E-state index is 0.318. The topological polar surface area (TPSA) is 29.5 Å². The lowest BCUT2D eigenvalue weighted by molar-refractivity contribution is 0.0652. The van der Waals surface area contributed by atoms with Crippen LogP contribution in [-0.2, 0) is 0 Å². The summed E-state index contributed by atoms with van der Waals surface area (Å²) < 4.78 is 21.0. The van der Waals surface area contributed by atoms with Crippen LogP contribution in [0.25, 0.3) is 0 Å². The molecule has 0 spiro atoms. The quantitative estimate of drug-likeness (QED) is 0.735. The number of rotatable bonds is 1. The molecule has 0 bridgehead atoms. The molecule has 1 aliphatic heterocycles. The highest BCUT2D eigenvalue weighted by Gasteiger charge is 2.29. The molecule has 0 amide bonds. The molecule has 3 rings (SSSR count). The molecule has 5 heteroatoms. The zero-order chi connectivity index (χ0) is 14.3. The van der Waals surface area contributed by atoms with Gasteiger partial charge >= 0.3 is 0 Å². The molecule has 0 radical (unpaired) electrons. The Morgan fingerprint density at radius 2 is 1.90 bits per heavy atom. The van der Waals surface area contributed by atoms with Gasteiger partial charge < -0.3 is 9.84 Å². The molecule has 2 aromatic carbocycles.